The van der Waals surface area contributed by atoms with Crippen LogP contribution in [0.5, 0.6) is 0 Å². The van der Waals surface area contributed by atoms with E-state index >= 15 is 0 Å². The molecule has 3 aromatic carbocycles. The van der Waals surface area contributed by atoms with Crippen molar-refractivity contribution < 1.29 is 23.9 Å². The smallest absolute Gasteiger partial charge is 0.338 e. The zero-order valence-corrected chi connectivity index (χ0v) is 22.6. The second-order valence-electron chi connectivity index (χ2n) is 9.42. The molecule has 1 heterocycles. The molecule has 40 heavy (non-hydrogen) atoms. The quantitative estimate of drug-likeness (QED) is 0.299. The fourth-order valence-electron chi connectivity index (χ4n) is 4.47. The van der Waals surface area contributed by atoms with E-state index in [1.807, 2.05) is 30.3 Å². The lowest BCUT2D eigenvalue weighted by molar-refractivity contribution is -0.121. The van der Waals surface area contributed by atoms with Crippen molar-refractivity contribution in [2.75, 3.05) is 44.0 Å². The molecule has 206 valence electrons. The summed E-state index contributed by atoms with van der Waals surface area (Å²) in [4.78, 5) is 57.1. The fourth-order valence-corrected chi connectivity index (χ4v) is 4.47. The summed E-state index contributed by atoms with van der Waals surface area (Å²) in [6.45, 7) is 2.01. The highest BCUT2D eigenvalue weighted by Gasteiger charge is 2.36. The molecule has 1 atom stereocenters. The molecular formula is C30H31N5O5. The number of ether oxygens (including phenoxy) is 1. The number of nitrogens with two attached hydrogens (primary N) is 1. The minimum atomic E-state index is -0.696. The molecule has 0 spiro atoms. The van der Waals surface area contributed by atoms with Gasteiger partial charge in [0.25, 0.3) is 0 Å². The van der Waals surface area contributed by atoms with Gasteiger partial charge in [-0.25, -0.2) is 4.79 Å². The summed E-state index contributed by atoms with van der Waals surface area (Å²) in [5.74, 6) is -2.11. The molecular weight excluding hydrogens is 510 g/mol. The maximum atomic E-state index is 13.2. The van der Waals surface area contributed by atoms with Crippen molar-refractivity contribution in [2.24, 2.45) is 10.7 Å². The number of amides is 3. The summed E-state index contributed by atoms with van der Waals surface area (Å²) < 4.78 is 5.09. The number of carbonyl (C=O) groups is 4. The standard InChI is InChI=1S/C30H31N5O5/c1-4-40-30(39)20-10-15-23-24(16-20)33-29(38)27(23)28(19-8-6-5-7-9-19)32-21-11-13-22(14-12-21)35(3)26(37)18-34(2)17-25(31)36/h5-16,27H,4,17-18H2,1-3H3,(H2,31,36)(H,33,38). The van der Waals surface area contributed by atoms with Crippen LogP contribution >= 0.6 is 0 Å². The van der Waals surface area contributed by atoms with Crippen LogP contribution in [-0.4, -0.2) is 68.1 Å². The lowest BCUT2D eigenvalue weighted by atomic mass is 9.90. The summed E-state index contributed by atoms with van der Waals surface area (Å²) in [5, 5.41) is 2.88. The highest BCUT2D eigenvalue weighted by Crippen LogP contribution is 2.37. The van der Waals surface area contributed by atoms with Crippen molar-refractivity contribution in [1.82, 2.24) is 4.90 Å². The van der Waals surface area contributed by atoms with Gasteiger partial charge in [-0.2, -0.15) is 0 Å². The Morgan fingerprint density at radius 2 is 1.65 bits per heavy atom. The van der Waals surface area contributed by atoms with Gasteiger partial charge in [0.1, 0.15) is 5.92 Å². The Hall–Kier alpha value is -4.83. The van der Waals surface area contributed by atoms with E-state index in [1.54, 1.807) is 68.4 Å². The van der Waals surface area contributed by atoms with E-state index in [0.29, 0.717) is 33.9 Å². The van der Waals surface area contributed by atoms with Gasteiger partial charge >= 0.3 is 5.97 Å². The average molecular weight is 542 g/mol. The van der Waals surface area contributed by atoms with E-state index in [1.165, 1.54) is 4.90 Å². The molecule has 0 fully saturated rings. The number of anilines is 2. The number of fused-ring (bicyclic) bond motifs is 1. The molecule has 0 aromatic heterocycles. The number of likely N-dealkylation sites (N-methyl/N-ethyl adjacent to an activating group) is 2. The summed E-state index contributed by atoms with van der Waals surface area (Å²) in [7, 11) is 3.30. The number of benzene rings is 3. The summed E-state index contributed by atoms with van der Waals surface area (Å²) in [6, 6.07) is 21.5. The number of hydrogen-bond acceptors (Lipinski definition) is 7. The monoisotopic (exact) mass is 541 g/mol. The number of nitrogens with zero attached hydrogens (tertiary/aromatic N) is 3. The molecule has 10 nitrogen and oxygen atoms in total. The Morgan fingerprint density at radius 1 is 0.950 bits per heavy atom. The fraction of sp³-hybridized carbons (Fsp3) is 0.233. The van der Waals surface area contributed by atoms with E-state index in [4.69, 9.17) is 15.5 Å². The van der Waals surface area contributed by atoms with Crippen LogP contribution < -0.4 is 16.0 Å². The minimum Gasteiger partial charge on any atom is -0.462 e. The predicted molar refractivity (Wildman–Crippen MR) is 153 cm³/mol. The number of aliphatic imine (C=N–C) groups is 1. The van der Waals surface area contributed by atoms with Gasteiger partial charge in [-0.15, -0.1) is 0 Å². The third-order valence-electron chi connectivity index (χ3n) is 6.43. The van der Waals surface area contributed by atoms with Crippen molar-refractivity contribution in [1.29, 1.82) is 0 Å². The van der Waals surface area contributed by atoms with Crippen LogP contribution in [0.3, 0.4) is 0 Å². The van der Waals surface area contributed by atoms with Gasteiger partial charge in [-0.05, 0) is 61.5 Å². The van der Waals surface area contributed by atoms with E-state index in [2.05, 4.69) is 5.32 Å². The summed E-state index contributed by atoms with van der Waals surface area (Å²) >= 11 is 0. The molecule has 0 aliphatic carbocycles. The summed E-state index contributed by atoms with van der Waals surface area (Å²) in [5.41, 5.74) is 9.38. The number of hydrogen-bond donors (Lipinski definition) is 2. The first-order valence-electron chi connectivity index (χ1n) is 12.8. The lowest BCUT2D eigenvalue weighted by Crippen LogP contribution is -2.40. The highest BCUT2D eigenvalue weighted by atomic mass is 16.5. The van der Waals surface area contributed by atoms with Gasteiger partial charge < -0.3 is 20.7 Å². The number of primary amides is 1. The first-order valence-corrected chi connectivity index (χ1v) is 12.8. The van der Waals surface area contributed by atoms with Crippen molar-refractivity contribution in [3.8, 4) is 0 Å². The van der Waals surface area contributed by atoms with Gasteiger partial charge in [0, 0.05) is 18.4 Å². The normalized spacial score (nSPS) is 14.4. The van der Waals surface area contributed by atoms with Crippen molar-refractivity contribution in [3.05, 3.63) is 89.5 Å². The van der Waals surface area contributed by atoms with Gasteiger partial charge in [-0.1, -0.05) is 36.4 Å². The largest absolute Gasteiger partial charge is 0.462 e. The SMILES string of the molecule is CCOC(=O)c1ccc2c(c1)NC(=O)C2C(=Nc1ccc(N(C)C(=O)CN(C)CC(N)=O)cc1)c1ccccc1. The predicted octanol–water partition coefficient (Wildman–Crippen LogP) is 3.10. The maximum absolute atomic E-state index is 13.2. The molecule has 0 radical (unpaired) electrons. The zero-order chi connectivity index (χ0) is 28.8. The second kappa shape index (κ2) is 12.4. The van der Waals surface area contributed by atoms with Crippen molar-refractivity contribution >= 4 is 46.5 Å². The third kappa shape index (κ3) is 6.41. The van der Waals surface area contributed by atoms with Crippen LogP contribution in [0, 0.1) is 0 Å². The number of esters is 1. The number of carbonyl (C=O) groups excluding carboxylic acids is 4. The third-order valence-corrected chi connectivity index (χ3v) is 6.43. The Balaban J connectivity index is 1.63. The Labute approximate surface area is 232 Å². The molecule has 1 aliphatic heterocycles. The number of rotatable bonds is 10. The highest BCUT2D eigenvalue weighted by molar-refractivity contribution is 6.24. The Morgan fingerprint density at radius 3 is 2.30 bits per heavy atom. The van der Waals surface area contributed by atoms with E-state index in [9.17, 15) is 19.2 Å². The molecule has 10 heteroatoms. The van der Waals surface area contributed by atoms with Crippen LogP contribution in [-0.2, 0) is 19.1 Å². The van der Waals surface area contributed by atoms with E-state index in [0.717, 1.165) is 5.56 Å². The summed E-state index contributed by atoms with van der Waals surface area (Å²) in [6.07, 6.45) is 0. The Kier molecular flexibility index (Phi) is 8.70. The maximum Gasteiger partial charge on any atom is 0.338 e. The molecule has 3 amide bonds. The van der Waals surface area contributed by atoms with E-state index in [-0.39, 0.29) is 31.5 Å². The van der Waals surface area contributed by atoms with Crippen LogP contribution in [0.15, 0.2) is 77.8 Å². The molecule has 0 bridgehead atoms. The minimum absolute atomic E-state index is 0.0164. The molecule has 3 aromatic rings. The van der Waals surface area contributed by atoms with Crippen LogP contribution in [0.1, 0.15) is 34.3 Å². The molecule has 0 saturated carbocycles. The van der Waals surface area contributed by atoms with Crippen molar-refractivity contribution in [2.45, 2.75) is 12.8 Å². The first-order chi connectivity index (χ1) is 19.2. The number of nitrogens with one attached hydrogen (secondary N) is 1. The lowest BCUT2D eigenvalue weighted by Gasteiger charge is -2.21. The Bertz CT molecular complexity index is 1450. The topological polar surface area (TPSA) is 134 Å². The van der Waals surface area contributed by atoms with Crippen LogP contribution in [0.25, 0.3) is 0 Å². The van der Waals surface area contributed by atoms with Crippen molar-refractivity contribution in [3.63, 3.8) is 0 Å². The first kappa shape index (κ1) is 28.2. The zero-order valence-electron chi connectivity index (χ0n) is 22.6. The molecule has 4 rings (SSSR count). The second-order valence-corrected chi connectivity index (χ2v) is 9.42. The van der Waals surface area contributed by atoms with Gasteiger partial charge in [-0.3, -0.25) is 24.3 Å². The van der Waals surface area contributed by atoms with Crippen LogP contribution in [0.4, 0.5) is 17.1 Å². The van der Waals surface area contributed by atoms with Gasteiger partial charge in [0.15, 0.2) is 0 Å². The average Bonchev–Trinajstić information content (AvgIpc) is 3.26. The van der Waals surface area contributed by atoms with E-state index < -0.39 is 17.8 Å². The van der Waals surface area contributed by atoms with Gasteiger partial charge in [0.05, 0.1) is 36.7 Å². The van der Waals surface area contributed by atoms with Crippen LogP contribution in [0.2, 0.25) is 0 Å². The van der Waals surface area contributed by atoms with Gasteiger partial charge in [0.2, 0.25) is 17.7 Å². The molecule has 3 N–H and O–H groups in total. The molecule has 1 aliphatic rings. The molecule has 0 saturated heterocycles. The molecule has 1 unspecified atom stereocenters.